The number of nitro benzene ring substituents is 1. The van der Waals surface area contributed by atoms with E-state index < -0.39 is 4.92 Å². The number of hydrogen-bond acceptors (Lipinski definition) is 5. The number of anilines is 1. The number of hydrogen-bond donors (Lipinski definition) is 1. The molecule has 0 bridgehead atoms. The van der Waals surface area contributed by atoms with Crippen molar-refractivity contribution in [3.05, 3.63) is 28.3 Å². The van der Waals surface area contributed by atoms with Gasteiger partial charge in [0, 0.05) is 25.3 Å². The van der Waals surface area contributed by atoms with Gasteiger partial charge in [-0.05, 0) is 13.0 Å². The molecular weight excluding hydrogens is 224 g/mol. The van der Waals surface area contributed by atoms with Gasteiger partial charge in [-0.1, -0.05) is 0 Å². The monoisotopic (exact) mass is 240 g/mol. The van der Waals surface area contributed by atoms with E-state index in [-0.39, 0.29) is 11.7 Å². The van der Waals surface area contributed by atoms with E-state index in [0.717, 1.165) is 0 Å². The minimum atomic E-state index is -0.429. The number of benzene rings is 1. The van der Waals surface area contributed by atoms with Crippen LogP contribution in [0.5, 0.6) is 5.75 Å². The van der Waals surface area contributed by atoms with Crippen molar-refractivity contribution in [3.8, 4) is 5.75 Å². The molecule has 1 aromatic rings. The molecule has 17 heavy (non-hydrogen) atoms. The quantitative estimate of drug-likeness (QED) is 0.608. The molecule has 1 N–H and O–H groups in total. The number of nitrogens with zero attached hydrogens (tertiary/aromatic N) is 1. The second-order valence-corrected chi connectivity index (χ2v) is 3.64. The Morgan fingerprint density at radius 1 is 1.47 bits per heavy atom. The van der Waals surface area contributed by atoms with Gasteiger partial charge in [-0.15, -0.1) is 0 Å². The predicted molar refractivity (Wildman–Crippen MR) is 64.6 cm³/mol. The van der Waals surface area contributed by atoms with Gasteiger partial charge >= 0.3 is 0 Å². The van der Waals surface area contributed by atoms with Crippen LogP contribution >= 0.6 is 0 Å². The van der Waals surface area contributed by atoms with Crippen molar-refractivity contribution in [2.75, 3.05) is 26.1 Å². The summed E-state index contributed by atoms with van der Waals surface area (Å²) in [5, 5.41) is 13.9. The molecule has 0 saturated heterocycles. The van der Waals surface area contributed by atoms with E-state index in [0.29, 0.717) is 18.0 Å². The molecule has 0 aromatic heterocycles. The molecule has 0 aliphatic carbocycles. The molecule has 94 valence electrons. The van der Waals surface area contributed by atoms with Crippen molar-refractivity contribution in [2.24, 2.45) is 0 Å². The van der Waals surface area contributed by atoms with Crippen molar-refractivity contribution in [1.29, 1.82) is 0 Å². The molecular formula is C11H16N2O4. The summed E-state index contributed by atoms with van der Waals surface area (Å²) in [6.07, 6.45) is 0. The summed E-state index contributed by atoms with van der Waals surface area (Å²) in [5.41, 5.74) is 0.452. The van der Waals surface area contributed by atoms with Crippen LogP contribution in [0.1, 0.15) is 6.92 Å². The maximum atomic E-state index is 10.9. The van der Waals surface area contributed by atoms with Gasteiger partial charge in [0.2, 0.25) is 0 Å². The second kappa shape index (κ2) is 6.05. The largest absolute Gasteiger partial charge is 0.497 e. The van der Waals surface area contributed by atoms with E-state index in [4.69, 9.17) is 9.47 Å². The maximum Gasteiger partial charge on any atom is 0.292 e. The number of methoxy groups -OCH3 is 2. The molecule has 0 fully saturated rings. The Hall–Kier alpha value is -1.82. The van der Waals surface area contributed by atoms with E-state index in [1.165, 1.54) is 13.2 Å². The lowest BCUT2D eigenvalue weighted by Gasteiger charge is -2.14. The van der Waals surface area contributed by atoms with Crippen LogP contribution in [0.4, 0.5) is 11.4 Å². The minimum Gasteiger partial charge on any atom is -0.497 e. The van der Waals surface area contributed by atoms with Crippen LogP contribution in [0.25, 0.3) is 0 Å². The average Bonchev–Trinajstić information content (AvgIpc) is 2.28. The Bertz CT molecular complexity index is 395. The zero-order valence-corrected chi connectivity index (χ0v) is 10.1. The molecule has 1 aromatic carbocycles. The average molecular weight is 240 g/mol. The SMILES string of the molecule is COCC(C)Nc1cc(OC)ccc1[N+](=O)[O-]. The fourth-order valence-corrected chi connectivity index (χ4v) is 1.47. The Morgan fingerprint density at radius 3 is 2.71 bits per heavy atom. The van der Waals surface area contributed by atoms with Gasteiger partial charge in [0.15, 0.2) is 0 Å². The lowest BCUT2D eigenvalue weighted by molar-refractivity contribution is -0.384. The zero-order chi connectivity index (χ0) is 12.8. The molecule has 1 atom stereocenters. The van der Waals surface area contributed by atoms with Crippen molar-refractivity contribution in [1.82, 2.24) is 0 Å². The van der Waals surface area contributed by atoms with Gasteiger partial charge in [0.05, 0.1) is 18.6 Å². The fraction of sp³-hybridized carbons (Fsp3) is 0.455. The molecule has 0 radical (unpaired) electrons. The smallest absolute Gasteiger partial charge is 0.292 e. The summed E-state index contributed by atoms with van der Waals surface area (Å²) in [7, 11) is 3.10. The molecule has 0 heterocycles. The summed E-state index contributed by atoms with van der Waals surface area (Å²) < 4.78 is 10.0. The maximum absolute atomic E-state index is 10.9. The highest BCUT2D eigenvalue weighted by atomic mass is 16.6. The van der Waals surface area contributed by atoms with Gasteiger partial charge in [0.1, 0.15) is 11.4 Å². The number of rotatable bonds is 6. The summed E-state index contributed by atoms with van der Waals surface area (Å²) in [5.74, 6) is 0.572. The third-order valence-corrected chi connectivity index (χ3v) is 2.22. The Balaban J connectivity index is 2.96. The first-order valence-corrected chi connectivity index (χ1v) is 5.16. The first kappa shape index (κ1) is 13.2. The number of nitro groups is 1. The zero-order valence-electron chi connectivity index (χ0n) is 10.1. The fourth-order valence-electron chi connectivity index (χ4n) is 1.47. The molecule has 0 aliphatic heterocycles. The van der Waals surface area contributed by atoms with Crippen LogP contribution in [0, 0.1) is 10.1 Å². The van der Waals surface area contributed by atoms with Gasteiger partial charge in [-0.2, -0.15) is 0 Å². The summed E-state index contributed by atoms with van der Waals surface area (Å²) in [6, 6.07) is 4.56. The van der Waals surface area contributed by atoms with Gasteiger partial charge < -0.3 is 14.8 Å². The van der Waals surface area contributed by atoms with Crippen molar-refractivity contribution < 1.29 is 14.4 Å². The Morgan fingerprint density at radius 2 is 2.18 bits per heavy atom. The highest BCUT2D eigenvalue weighted by molar-refractivity contribution is 5.64. The van der Waals surface area contributed by atoms with Crippen LogP contribution in [0.2, 0.25) is 0 Å². The van der Waals surface area contributed by atoms with E-state index in [2.05, 4.69) is 5.32 Å². The van der Waals surface area contributed by atoms with Gasteiger partial charge in [0.25, 0.3) is 5.69 Å². The van der Waals surface area contributed by atoms with Crippen LogP contribution in [-0.2, 0) is 4.74 Å². The first-order chi connectivity index (χ1) is 8.08. The van der Waals surface area contributed by atoms with E-state index in [1.54, 1.807) is 19.2 Å². The topological polar surface area (TPSA) is 73.6 Å². The number of nitrogens with one attached hydrogen (secondary N) is 1. The van der Waals surface area contributed by atoms with Gasteiger partial charge in [-0.3, -0.25) is 10.1 Å². The third kappa shape index (κ3) is 3.60. The summed E-state index contributed by atoms with van der Waals surface area (Å²) in [4.78, 5) is 10.4. The van der Waals surface area contributed by atoms with Crippen molar-refractivity contribution >= 4 is 11.4 Å². The lowest BCUT2D eigenvalue weighted by atomic mass is 10.2. The standard InChI is InChI=1S/C11H16N2O4/c1-8(7-16-2)12-10-6-9(17-3)4-5-11(10)13(14)15/h4-6,8,12H,7H2,1-3H3. The van der Waals surface area contributed by atoms with E-state index >= 15 is 0 Å². The third-order valence-electron chi connectivity index (χ3n) is 2.22. The van der Waals surface area contributed by atoms with Crippen LogP contribution in [-0.4, -0.2) is 31.8 Å². The first-order valence-electron chi connectivity index (χ1n) is 5.16. The van der Waals surface area contributed by atoms with E-state index in [1.807, 2.05) is 6.92 Å². The molecule has 0 saturated carbocycles. The van der Waals surface area contributed by atoms with E-state index in [9.17, 15) is 10.1 Å². The molecule has 0 amide bonds. The molecule has 1 rings (SSSR count). The normalized spacial score (nSPS) is 11.9. The molecule has 6 heteroatoms. The minimum absolute atomic E-state index is 0.0220. The molecule has 0 aliphatic rings. The Kier molecular flexibility index (Phi) is 4.71. The van der Waals surface area contributed by atoms with Crippen LogP contribution in [0.15, 0.2) is 18.2 Å². The molecule has 6 nitrogen and oxygen atoms in total. The van der Waals surface area contributed by atoms with Crippen LogP contribution < -0.4 is 10.1 Å². The van der Waals surface area contributed by atoms with Gasteiger partial charge in [-0.25, -0.2) is 0 Å². The highest BCUT2D eigenvalue weighted by Gasteiger charge is 2.16. The van der Waals surface area contributed by atoms with Crippen molar-refractivity contribution in [2.45, 2.75) is 13.0 Å². The van der Waals surface area contributed by atoms with Crippen molar-refractivity contribution in [3.63, 3.8) is 0 Å². The Labute approximate surface area is 99.7 Å². The lowest BCUT2D eigenvalue weighted by Crippen LogP contribution is -2.21. The number of ether oxygens (including phenoxy) is 2. The second-order valence-electron chi connectivity index (χ2n) is 3.64. The predicted octanol–water partition coefficient (Wildman–Crippen LogP) is 2.05. The molecule has 1 unspecified atom stereocenters. The highest BCUT2D eigenvalue weighted by Crippen LogP contribution is 2.29. The van der Waals surface area contributed by atoms with Crippen LogP contribution in [0.3, 0.4) is 0 Å². The summed E-state index contributed by atoms with van der Waals surface area (Å²) >= 11 is 0. The molecule has 0 spiro atoms. The summed E-state index contributed by atoms with van der Waals surface area (Å²) in [6.45, 7) is 2.35.